The molecule has 2 rings (SSSR count). The van der Waals surface area contributed by atoms with Crippen molar-refractivity contribution in [3.05, 3.63) is 35.4 Å². The fourth-order valence-corrected chi connectivity index (χ4v) is 2.17. The lowest BCUT2D eigenvalue weighted by atomic mass is 9.85. The van der Waals surface area contributed by atoms with E-state index in [0.717, 1.165) is 23.6 Å². The van der Waals surface area contributed by atoms with Crippen LogP contribution in [0.5, 0.6) is 0 Å². The van der Waals surface area contributed by atoms with Crippen LogP contribution in [-0.2, 0) is 0 Å². The summed E-state index contributed by atoms with van der Waals surface area (Å²) in [6.45, 7) is 3.21. The van der Waals surface area contributed by atoms with Crippen LogP contribution in [0, 0.1) is 12.8 Å². The Morgan fingerprint density at radius 3 is 2.85 bits per heavy atom. The van der Waals surface area contributed by atoms with Crippen LogP contribution >= 0.6 is 24.0 Å². The number of halogens is 1. The van der Waals surface area contributed by atoms with Gasteiger partial charge in [-0.2, -0.15) is 0 Å². The average molecular weight is 389 g/mol. The quantitative estimate of drug-likeness (QED) is 0.411. The molecule has 1 fully saturated rings. The molecule has 5 heteroatoms. The third-order valence-corrected chi connectivity index (χ3v) is 3.66. The minimum absolute atomic E-state index is 0. The number of nitrogens with two attached hydrogens (primary N) is 1. The van der Waals surface area contributed by atoms with Crippen molar-refractivity contribution in [2.75, 3.05) is 13.1 Å². The van der Waals surface area contributed by atoms with Gasteiger partial charge in [0.25, 0.3) is 0 Å². The molecule has 1 saturated carbocycles. The summed E-state index contributed by atoms with van der Waals surface area (Å²) in [4.78, 5) is 4.19. The van der Waals surface area contributed by atoms with Gasteiger partial charge in [-0.15, -0.1) is 24.0 Å². The molecule has 0 saturated heterocycles. The summed E-state index contributed by atoms with van der Waals surface area (Å²) in [7, 11) is 0. The second-order valence-electron chi connectivity index (χ2n) is 5.33. The zero-order chi connectivity index (χ0) is 13.7. The van der Waals surface area contributed by atoms with E-state index in [2.05, 4.69) is 10.3 Å². The van der Waals surface area contributed by atoms with Crippen LogP contribution in [0.4, 0.5) is 0 Å². The van der Waals surface area contributed by atoms with Crippen LogP contribution in [0.15, 0.2) is 29.3 Å². The van der Waals surface area contributed by atoms with Gasteiger partial charge < -0.3 is 16.2 Å². The van der Waals surface area contributed by atoms with E-state index >= 15 is 0 Å². The van der Waals surface area contributed by atoms with Crippen molar-refractivity contribution in [3.8, 4) is 0 Å². The molecule has 0 spiro atoms. The van der Waals surface area contributed by atoms with E-state index in [1.165, 1.54) is 19.3 Å². The Hall–Kier alpha value is -0.820. The van der Waals surface area contributed by atoms with E-state index in [-0.39, 0.29) is 24.0 Å². The van der Waals surface area contributed by atoms with E-state index in [0.29, 0.717) is 12.5 Å². The number of rotatable bonds is 5. The van der Waals surface area contributed by atoms with Gasteiger partial charge in [0.2, 0.25) is 0 Å². The number of hydrogen-bond donors (Lipinski definition) is 3. The molecule has 1 aromatic carbocycles. The van der Waals surface area contributed by atoms with Gasteiger partial charge in [-0.05, 0) is 31.2 Å². The first-order valence-corrected chi connectivity index (χ1v) is 6.93. The molecule has 0 radical (unpaired) electrons. The van der Waals surface area contributed by atoms with E-state index < -0.39 is 6.10 Å². The molecule has 4 nitrogen and oxygen atoms in total. The molecule has 4 N–H and O–H groups in total. The first-order chi connectivity index (χ1) is 9.15. The summed E-state index contributed by atoms with van der Waals surface area (Å²) >= 11 is 0. The van der Waals surface area contributed by atoms with Gasteiger partial charge in [0.15, 0.2) is 5.96 Å². The molecule has 0 heterocycles. The first kappa shape index (κ1) is 17.2. The number of aliphatic hydroxyl groups excluding tert-OH is 1. The average Bonchev–Trinajstić information content (AvgIpc) is 2.34. The molecule has 1 aliphatic carbocycles. The SMILES string of the molecule is Cc1cccc(C(O)CN=C(N)NCC2CCC2)c1.I. The van der Waals surface area contributed by atoms with Gasteiger partial charge in [-0.25, -0.2) is 0 Å². The van der Waals surface area contributed by atoms with E-state index in [4.69, 9.17) is 5.73 Å². The molecule has 0 amide bonds. The van der Waals surface area contributed by atoms with E-state index in [1.807, 2.05) is 31.2 Å². The molecule has 0 bridgehead atoms. The van der Waals surface area contributed by atoms with Crippen LogP contribution in [0.1, 0.15) is 36.5 Å². The Labute approximate surface area is 137 Å². The number of aryl methyl sites for hydroxylation is 1. The molecule has 0 aliphatic heterocycles. The zero-order valence-corrected chi connectivity index (χ0v) is 14.2. The highest BCUT2D eigenvalue weighted by Crippen LogP contribution is 2.25. The monoisotopic (exact) mass is 389 g/mol. The molecule has 1 atom stereocenters. The molecule has 1 unspecified atom stereocenters. The second kappa shape index (κ2) is 8.46. The lowest BCUT2D eigenvalue weighted by molar-refractivity contribution is 0.187. The van der Waals surface area contributed by atoms with Crippen LogP contribution < -0.4 is 11.1 Å². The van der Waals surface area contributed by atoms with Crippen LogP contribution in [-0.4, -0.2) is 24.2 Å². The first-order valence-electron chi connectivity index (χ1n) is 6.93. The van der Waals surface area contributed by atoms with Crippen LogP contribution in [0.25, 0.3) is 0 Å². The Morgan fingerprint density at radius 2 is 2.25 bits per heavy atom. The fourth-order valence-electron chi connectivity index (χ4n) is 2.17. The number of benzene rings is 1. The summed E-state index contributed by atoms with van der Waals surface area (Å²) in [5, 5.41) is 13.2. The van der Waals surface area contributed by atoms with Crippen LogP contribution in [0.3, 0.4) is 0 Å². The molecular weight excluding hydrogens is 365 g/mol. The van der Waals surface area contributed by atoms with E-state index in [9.17, 15) is 5.11 Å². The largest absolute Gasteiger partial charge is 0.386 e. The predicted octanol–water partition coefficient (Wildman–Crippen LogP) is 2.35. The Morgan fingerprint density at radius 1 is 1.50 bits per heavy atom. The maximum absolute atomic E-state index is 10.0. The van der Waals surface area contributed by atoms with Crippen molar-refractivity contribution in [3.63, 3.8) is 0 Å². The lowest BCUT2D eigenvalue weighted by Gasteiger charge is -2.25. The minimum Gasteiger partial charge on any atom is -0.386 e. The topological polar surface area (TPSA) is 70.6 Å². The number of nitrogens with zero attached hydrogens (tertiary/aromatic N) is 1. The number of guanidine groups is 1. The number of aliphatic hydroxyl groups is 1. The molecule has 20 heavy (non-hydrogen) atoms. The molecule has 112 valence electrons. The summed E-state index contributed by atoms with van der Waals surface area (Å²) in [6, 6.07) is 7.83. The molecule has 1 aromatic rings. The van der Waals surface area contributed by atoms with Crippen molar-refractivity contribution in [2.45, 2.75) is 32.3 Å². The maximum atomic E-state index is 10.0. The second-order valence-corrected chi connectivity index (χ2v) is 5.33. The zero-order valence-electron chi connectivity index (χ0n) is 11.9. The normalized spacial score (nSPS) is 17.0. The van der Waals surface area contributed by atoms with Crippen molar-refractivity contribution >= 4 is 29.9 Å². The van der Waals surface area contributed by atoms with Gasteiger partial charge in [-0.1, -0.05) is 36.2 Å². The molecular formula is C15H24IN3O. The third kappa shape index (κ3) is 5.28. The Bertz CT molecular complexity index is 446. The van der Waals surface area contributed by atoms with Gasteiger partial charge in [0, 0.05) is 6.54 Å². The lowest BCUT2D eigenvalue weighted by Crippen LogP contribution is -2.37. The number of aliphatic imine (C=N–C) groups is 1. The number of hydrogen-bond acceptors (Lipinski definition) is 2. The van der Waals surface area contributed by atoms with Gasteiger partial charge in [0.05, 0.1) is 12.6 Å². The Balaban J connectivity index is 0.00000200. The third-order valence-electron chi connectivity index (χ3n) is 3.66. The smallest absolute Gasteiger partial charge is 0.188 e. The van der Waals surface area contributed by atoms with Gasteiger partial charge in [-0.3, -0.25) is 4.99 Å². The number of nitrogens with one attached hydrogen (secondary N) is 1. The Kier molecular flexibility index (Phi) is 7.29. The standard InChI is InChI=1S/C15H23N3O.HI/c1-11-4-2-7-13(8-11)14(19)10-18-15(16)17-9-12-5-3-6-12;/h2,4,7-8,12,14,19H,3,5-6,9-10H2,1H3,(H3,16,17,18);1H. The summed E-state index contributed by atoms with van der Waals surface area (Å²) in [5.74, 6) is 1.18. The van der Waals surface area contributed by atoms with Crippen molar-refractivity contribution in [1.29, 1.82) is 0 Å². The molecule has 1 aliphatic rings. The predicted molar refractivity (Wildman–Crippen MR) is 93.4 cm³/mol. The highest BCUT2D eigenvalue weighted by atomic mass is 127. The van der Waals surface area contributed by atoms with E-state index in [1.54, 1.807) is 0 Å². The van der Waals surface area contributed by atoms with Crippen molar-refractivity contribution in [2.24, 2.45) is 16.6 Å². The maximum Gasteiger partial charge on any atom is 0.188 e. The fraction of sp³-hybridized carbons (Fsp3) is 0.533. The summed E-state index contributed by atoms with van der Waals surface area (Å²) < 4.78 is 0. The highest BCUT2D eigenvalue weighted by molar-refractivity contribution is 14.0. The molecule has 0 aromatic heterocycles. The van der Waals surface area contributed by atoms with Gasteiger partial charge in [0.1, 0.15) is 0 Å². The minimum atomic E-state index is -0.594. The summed E-state index contributed by atoms with van der Waals surface area (Å²) in [6.07, 6.45) is 3.30. The summed E-state index contributed by atoms with van der Waals surface area (Å²) in [5.41, 5.74) is 7.81. The van der Waals surface area contributed by atoms with Crippen molar-refractivity contribution < 1.29 is 5.11 Å². The van der Waals surface area contributed by atoms with Gasteiger partial charge >= 0.3 is 0 Å². The highest BCUT2D eigenvalue weighted by Gasteiger charge is 2.16. The van der Waals surface area contributed by atoms with Crippen LogP contribution in [0.2, 0.25) is 0 Å². The van der Waals surface area contributed by atoms with Crippen molar-refractivity contribution in [1.82, 2.24) is 5.32 Å².